The highest BCUT2D eigenvalue weighted by atomic mass is 32.2. The zero-order chi connectivity index (χ0) is 13.7. The number of sulfonamides is 1. The zero-order valence-electron chi connectivity index (χ0n) is 10.3. The van der Waals surface area contributed by atoms with Crippen LogP contribution < -0.4 is 4.72 Å². The lowest BCUT2D eigenvalue weighted by Crippen LogP contribution is -2.28. The molecule has 0 aliphatic carbocycles. The second-order valence-corrected chi connectivity index (χ2v) is 6.01. The van der Waals surface area contributed by atoms with Crippen molar-refractivity contribution in [2.24, 2.45) is 0 Å². The lowest BCUT2D eigenvalue weighted by atomic mass is 10.2. The van der Waals surface area contributed by atoms with Gasteiger partial charge in [0.05, 0.1) is 5.75 Å². The number of benzene rings is 1. The van der Waals surface area contributed by atoms with E-state index >= 15 is 0 Å². The van der Waals surface area contributed by atoms with Gasteiger partial charge in [-0.25, -0.2) is 17.5 Å². The maximum atomic E-state index is 12.7. The van der Waals surface area contributed by atoms with Gasteiger partial charge in [-0.05, 0) is 29.8 Å². The quantitative estimate of drug-likeness (QED) is 0.877. The number of hydrogen-bond donors (Lipinski definition) is 1. The number of halogens is 1. The van der Waals surface area contributed by atoms with Gasteiger partial charge < -0.3 is 4.57 Å². The third-order valence-corrected chi connectivity index (χ3v) is 3.99. The van der Waals surface area contributed by atoms with Crippen molar-refractivity contribution in [3.8, 4) is 0 Å². The fourth-order valence-corrected chi connectivity index (χ4v) is 2.84. The molecule has 0 saturated carbocycles. The Kier molecular flexibility index (Phi) is 4.34. The van der Waals surface area contributed by atoms with E-state index in [1.165, 1.54) is 24.3 Å². The average molecular weight is 282 g/mol. The number of hydrogen-bond acceptors (Lipinski definition) is 2. The Morgan fingerprint density at radius 1 is 1.11 bits per heavy atom. The summed E-state index contributed by atoms with van der Waals surface area (Å²) in [4.78, 5) is 0. The fraction of sp³-hybridized carbons (Fsp3) is 0.231. The Bertz CT molecular complexity index is 607. The smallest absolute Gasteiger partial charge is 0.215 e. The van der Waals surface area contributed by atoms with E-state index in [9.17, 15) is 12.8 Å². The van der Waals surface area contributed by atoms with Crippen LogP contribution in [0.5, 0.6) is 0 Å². The molecule has 0 spiro atoms. The van der Waals surface area contributed by atoms with E-state index in [0.717, 1.165) is 0 Å². The van der Waals surface area contributed by atoms with Gasteiger partial charge in [0.15, 0.2) is 0 Å². The predicted molar refractivity (Wildman–Crippen MR) is 71.5 cm³/mol. The van der Waals surface area contributed by atoms with Crippen LogP contribution in [0.25, 0.3) is 0 Å². The molecule has 2 aromatic rings. The van der Waals surface area contributed by atoms with Crippen LogP contribution in [0.1, 0.15) is 5.56 Å². The summed E-state index contributed by atoms with van der Waals surface area (Å²) < 4.78 is 40.7. The molecule has 0 saturated heterocycles. The monoisotopic (exact) mass is 282 g/mol. The van der Waals surface area contributed by atoms with Gasteiger partial charge in [-0.2, -0.15) is 0 Å². The van der Waals surface area contributed by atoms with Gasteiger partial charge in [-0.3, -0.25) is 0 Å². The van der Waals surface area contributed by atoms with Crippen molar-refractivity contribution in [1.29, 1.82) is 0 Å². The predicted octanol–water partition coefficient (Wildman–Crippen LogP) is 1.75. The first-order valence-electron chi connectivity index (χ1n) is 5.88. The SMILES string of the molecule is O=S(=O)(Cc1ccc(F)cc1)NCCn1cccc1. The molecular formula is C13H15FN2O2S. The molecule has 4 nitrogen and oxygen atoms in total. The lowest BCUT2D eigenvalue weighted by Gasteiger charge is -2.07. The first-order valence-corrected chi connectivity index (χ1v) is 7.53. The minimum absolute atomic E-state index is 0.140. The van der Waals surface area contributed by atoms with Crippen LogP contribution in [0.15, 0.2) is 48.8 Å². The Balaban J connectivity index is 1.86. The van der Waals surface area contributed by atoms with E-state index in [0.29, 0.717) is 18.7 Å². The Labute approximate surface area is 111 Å². The van der Waals surface area contributed by atoms with Crippen molar-refractivity contribution in [3.63, 3.8) is 0 Å². The maximum Gasteiger partial charge on any atom is 0.215 e. The Morgan fingerprint density at radius 2 is 1.74 bits per heavy atom. The molecule has 1 heterocycles. The average Bonchev–Trinajstić information content (AvgIpc) is 2.85. The van der Waals surface area contributed by atoms with Gasteiger partial charge in [-0.1, -0.05) is 12.1 Å². The molecule has 6 heteroatoms. The number of nitrogens with zero attached hydrogens (tertiary/aromatic N) is 1. The van der Waals surface area contributed by atoms with Gasteiger partial charge in [0.1, 0.15) is 5.82 Å². The normalized spacial score (nSPS) is 11.6. The van der Waals surface area contributed by atoms with Crippen LogP contribution in [-0.4, -0.2) is 19.5 Å². The maximum absolute atomic E-state index is 12.7. The molecule has 0 radical (unpaired) electrons. The van der Waals surface area contributed by atoms with Gasteiger partial charge in [0.2, 0.25) is 10.0 Å². The second kappa shape index (κ2) is 5.99. The molecule has 1 aromatic heterocycles. The second-order valence-electron chi connectivity index (χ2n) is 4.20. The summed E-state index contributed by atoms with van der Waals surface area (Å²) >= 11 is 0. The van der Waals surface area contributed by atoms with Crippen LogP contribution in [0, 0.1) is 5.82 Å². The molecular weight excluding hydrogens is 267 g/mol. The van der Waals surface area contributed by atoms with Crippen molar-refractivity contribution >= 4 is 10.0 Å². The van der Waals surface area contributed by atoms with Crippen LogP contribution in [0.4, 0.5) is 4.39 Å². The molecule has 0 aliphatic rings. The molecule has 0 atom stereocenters. The molecule has 0 bridgehead atoms. The molecule has 0 amide bonds. The van der Waals surface area contributed by atoms with Crippen molar-refractivity contribution in [2.45, 2.75) is 12.3 Å². The van der Waals surface area contributed by atoms with E-state index in [-0.39, 0.29) is 11.6 Å². The van der Waals surface area contributed by atoms with Gasteiger partial charge in [0, 0.05) is 25.5 Å². The molecule has 0 aliphatic heterocycles. The topological polar surface area (TPSA) is 51.1 Å². The molecule has 1 aromatic carbocycles. The minimum atomic E-state index is -3.39. The van der Waals surface area contributed by atoms with Gasteiger partial charge >= 0.3 is 0 Å². The third kappa shape index (κ3) is 4.50. The van der Waals surface area contributed by atoms with Crippen molar-refractivity contribution < 1.29 is 12.8 Å². The zero-order valence-corrected chi connectivity index (χ0v) is 11.1. The summed E-state index contributed by atoms with van der Waals surface area (Å²) in [6, 6.07) is 9.22. The van der Waals surface area contributed by atoms with Crippen molar-refractivity contribution in [1.82, 2.24) is 9.29 Å². The highest BCUT2D eigenvalue weighted by Gasteiger charge is 2.10. The summed E-state index contributed by atoms with van der Waals surface area (Å²) in [5.41, 5.74) is 0.565. The number of aromatic nitrogens is 1. The number of rotatable bonds is 6. The summed E-state index contributed by atoms with van der Waals surface area (Å²) in [5, 5.41) is 0. The standard InChI is InChI=1S/C13H15FN2O2S/c14-13-5-3-12(4-6-13)11-19(17,18)15-7-10-16-8-1-2-9-16/h1-6,8-9,15H,7,10-11H2. The first kappa shape index (κ1) is 13.8. The summed E-state index contributed by atoms with van der Waals surface area (Å²) in [7, 11) is -3.39. The fourth-order valence-electron chi connectivity index (χ4n) is 1.70. The van der Waals surface area contributed by atoms with Crippen molar-refractivity contribution in [3.05, 3.63) is 60.2 Å². The third-order valence-electron chi connectivity index (χ3n) is 2.63. The highest BCUT2D eigenvalue weighted by molar-refractivity contribution is 7.88. The van der Waals surface area contributed by atoms with Crippen molar-refractivity contribution in [2.75, 3.05) is 6.54 Å². The van der Waals surface area contributed by atoms with Gasteiger partial charge in [-0.15, -0.1) is 0 Å². The van der Waals surface area contributed by atoms with E-state index in [1.54, 1.807) is 0 Å². The Hall–Kier alpha value is -1.66. The highest BCUT2D eigenvalue weighted by Crippen LogP contribution is 2.06. The summed E-state index contributed by atoms with van der Waals surface area (Å²) in [6.45, 7) is 0.911. The van der Waals surface area contributed by atoms with E-state index in [2.05, 4.69) is 4.72 Å². The minimum Gasteiger partial charge on any atom is -0.353 e. The van der Waals surface area contributed by atoms with Gasteiger partial charge in [0.25, 0.3) is 0 Å². The Morgan fingerprint density at radius 3 is 2.37 bits per heavy atom. The molecule has 0 unspecified atom stereocenters. The summed E-state index contributed by atoms with van der Waals surface area (Å²) in [5.74, 6) is -0.513. The van der Waals surface area contributed by atoms with Crippen LogP contribution in [-0.2, 0) is 22.3 Å². The molecule has 1 N–H and O–H groups in total. The molecule has 102 valence electrons. The molecule has 0 fully saturated rings. The molecule has 2 rings (SSSR count). The van der Waals surface area contributed by atoms with E-state index in [1.807, 2.05) is 29.1 Å². The van der Waals surface area contributed by atoms with Crippen LogP contribution in [0.2, 0.25) is 0 Å². The summed E-state index contributed by atoms with van der Waals surface area (Å²) in [6.07, 6.45) is 3.74. The van der Waals surface area contributed by atoms with Crippen LogP contribution >= 0.6 is 0 Å². The van der Waals surface area contributed by atoms with E-state index in [4.69, 9.17) is 0 Å². The van der Waals surface area contributed by atoms with E-state index < -0.39 is 10.0 Å². The lowest BCUT2D eigenvalue weighted by molar-refractivity contribution is 0.572. The molecule has 19 heavy (non-hydrogen) atoms. The first-order chi connectivity index (χ1) is 9.05. The number of nitrogens with one attached hydrogen (secondary N) is 1. The largest absolute Gasteiger partial charge is 0.353 e. The van der Waals surface area contributed by atoms with Crippen LogP contribution in [0.3, 0.4) is 0 Å².